The Labute approximate surface area is 128 Å². The summed E-state index contributed by atoms with van der Waals surface area (Å²) in [6.45, 7) is 4.11. The lowest BCUT2D eigenvalue weighted by molar-refractivity contribution is -0.132. The number of carbonyl (C=O) groups excluding carboxylic acids is 1. The molecule has 1 rings (SSSR count). The molecule has 0 spiro atoms. The van der Waals surface area contributed by atoms with Crippen molar-refractivity contribution in [2.75, 3.05) is 27.2 Å². The number of carbonyl (C=O) groups is 1. The van der Waals surface area contributed by atoms with Crippen LogP contribution < -0.4 is 5.73 Å². The van der Waals surface area contributed by atoms with Gasteiger partial charge in [0, 0.05) is 32.1 Å². The van der Waals surface area contributed by atoms with Gasteiger partial charge in [0.2, 0.25) is 5.91 Å². The van der Waals surface area contributed by atoms with Crippen LogP contribution in [0.15, 0.2) is 30.3 Å². The Hall–Kier alpha value is -1.10. The Kier molecular flexibility index (Phi) is 9.21. The summed E-state index contributed by atoms with van der Waals surface area (Å²) in [6, 6.07) is 9.97. The Morgan fingerprint density at radius 3 is 2.30 bits per heavy atom. The Morgan fingerprint density at radius 1 is 1.20 bits per heavy atom. The molecule has 0 radical (unpaired) electrons. The highest BCUT2D eigenvalue weighted by atomic mass is 35.5. The first-order chi connectivity index (χ1) is 8.99. The van der Waals surface area contributed by atoms with Gasteiger partial charge in [0.25, 0.3) is 0 Å². The number of nitrogens with two attached hydrogens (primary N) is 1. The van der Waals surface area contributed by atoms with E-state index in [1.54, 1.807) is 0 Å². The molecule has 0 aliphatic heterocycles. The fraction of sp³-hybridized carbons (Fsp3) is 0.533. The second-order valence-corrected chi connectivity index (χ2v) is 5.29. The monoisotopic (exact) mass is 299 g/mol. The highest BCUT2D eigenvalue weighted by Crippen LogP contribution is 2.07. The molecule has 0 aromatic heterocycles. The summed E-state index contributed by atoms with van der Waals surface area (Å²) in [7, 11) is 4.02. The standard InChI is InChI=1S/C15H25N3O.ClH/c1-13(16)11-15(19)18(10-9-17(2)3)12-14-7-5-4-6-8-14;/h4-8,13H,9-12,16H2,1-3H3;1H. The summed E-state index contributed by atoms with van der Waals surface area (Å²) in [5.41, 5.74) is 6.87. The van der Waals surface area contributed by atoms with Crippen LogP contribution in [0.3, 0.4) is 0 Å². The van der Waals surface area contributed by atoms with Crippen molar-refractivity contribution in [1.29, 1.82) is 0 Å². The molecule has 1 amide bonds. The van der Waals surface area contributed by atoms with Gasteiger partial charge in [-0.15, -0.1) is 12.4 Å². The number of halogens is 1. The highest BCUT2D eigenvalue weighted by molar-refractivity contribution is 5.85. The lowest BCUT2D eigenvalue weighted by atomic mass is 10.2. The van der Waals surface area contributed by atoms with E-state index >= 15 is 0 Å². The van der Waals surface area contributed by atoms with Gasteiger partial charge >= 0.3 is 0 Å². The maximum absolute atomic E-state index is 12.2. The number of hydrogen-bond donors (Lipinski definition) is 1. The minimum absolute atomic E-state index is 0. The van der Waals surface area contributed by atoms with Gasteiger partial charge in [-0.1, -0.05) is 30.3 Å². The molecule has 0 saturated carbocycles. The van der Waals surface area contributed by atoms with E-state index in [-0.39, 0.29) is 24.4 Å². The molecule has 4 nitrogen and oxygen atoms in total. The molecule has 2 N–H and O–H groups in total. The molecule has 1 aromatic carbocycles. The lowest BCUT2D eigenvalue weighted by Crippen LogP contribution is -2.38. The predicted molar refractivity (Wildman–Crippen MR) is 85.9 cm³/mol. The first-order valence-corrected chi connectivity index (χ1v) is 6.71. The van der Waals surface area contributed by atoms with Crippen molar-refractivity contribution in [2.45, 2.75) is 25.9 Å². The molecule has 1 unspecified atom stereocenters. The summed E-state index contributed by atoms with van der Waals surface area (Å²) in [5, 5.41) is 0. The minimum Gasteiger partial charge on any atom is -0.337 e. The van der Waals surface area contributed by atoms with Crippen molar-refractivity contribution in [1.82, 2.24) is 9.80 Å². The van der Waals surface area contributed by atoms with Gasteiger partial charge in [0.05, 0.1) is 0 Å². The van der Waals surface area contributed by atoms with E-state index in [4.69, 9.17) is 5.73 Å². The van der Waals surface area contributed by atoms with Crippen molar-refractivity contribution in [2.24, 2.45) is 5.73 Å². The van der Waals surface area contributed by atoms with Crippen LogP contribution in [0.25, 0.3) is 0 Å². The van der Waals surface area contributed by atoms with Crippen LogP contribution in [0.2, 0.25) is 0 Å². The number of hydrogen-bond acceptors (Lipinski definition) is 3. The van der Waals surface area contributed by atoms with Crippen LogP contribution >= 0.6 is 12.4 Å². The average molecular weight is 300 g/mol. The second kappa shape index (κ2) is 9.75. The quantitative estimate of drug-likeness (QED) is 0.834. The average Bonchev–Trinajstić information content (AvgIpc) is 2.34. The topological polar surface area (TPSA) is 49.6 Å². The third-order valence-corrected chi connectivity index (χ3v) is 2.88. The number of amides is 1. The zero-order chi connectivity index (χ0) is 14.3. The summed E-state index contributed by atoms with van der Waals surface area (Å²) in [6.07, 6.45) is 0.403. The molecule has 0 aliphatic carbocycles. The number of likely N-dealkylation sites (N-methyl/N-ethyl adjacent to an activating group) is 1. The number of rotatable bonds is 7. The van der Waals surface area contributed by atoms with E-state index in [0.717, 1.165) is 18.7 Å². The number of nitrogens with zero attached hydrogens (tertiary/aromatic N) is 2. The fourth-order valence-electron chi connectivity index (χ4n) is 1.82. The van der Waals surface area contributed by atoms with Gasteiger partial charge in [-0.2, -0.15) is 0 Å². The van der Waals surface area contributed by atoms with Crippen LogP contribution in [0.4, 0.5) is 0 Å². The smallest absolute Gasteiger partial charge is 0.224 e. The van der Waals surface area contributed by atoms with E-state index in [9.17, 15) is 4.79 Å². The first kappa shape index (κ1) is 18.9. The Morgan fingerprint density at radius 2 is 1.80 bits per heavy atom. The molecule has 5 heteroatoms. The zero-order valence-electron chi connectivity index (χ0n) is 12.6. The molecule has 114 valence electrons. The highest BCUT2D eigenvalue weighted by Gasteiger charge is 2.15. The maximum Gasteiger partial charge on any atom is 0.224 e. The third-order valence-electron chi connectivity index (χ3n) is 2.88. The van der Waals surface area contributed by atoms with Crippen molar-refractivity contribution < 1.29 is 4.79 Å². The minimum atomic E-state index is -0.0925. The van der Waals surface area contributed by atoms with Gasteiger partial charge in [-0.05, 0) is 26.6 Å². The molecule has 0 saturated heterocycles. The van der Waals surface area contributed by atoms with Gasteiger partial charge in [0.1, 0.15) is 0 Å². The van der Waals surface area contributed by atoms with E-state index in [0.29, 0.717) is 13.0 Å². The molecule has 0 fully saturated rings. The molecule has 1 aromatic rings. The van der Waals surface area contributed by atoms with Gasteiger partial charge in [-0.3, -0.25) is 4.79 Å². The van der Waals surface area contributed by atoms with Crippen molar-refractivity contribution >= 4 is 18.3 Å². The van der Waals surface area contributed by atoms with E-state index in [1.807, 2.05) is 56.3 Å². The normalized spacial score (nSPS) is 11.8. The molecular weight excluding hydrogens is 274 g/mol. The van der Waals surface area contributed by atoms with Gasteiger partial charge in [-0.25, -0.2) is 0 Å². The molecule has 0 bridgehead atoms. The molecule has 0 aliphatic rings. The molecule has 0 heterocycles. The van der Waals surface area contributed by atoms with Crippen LogP contribution in [-0.2, 0) is 11.3 Å². The van der Waals surface area contributed by atoms with Gasteiger partial charge < -0.3 is 15.5 Å². The van der Waals surface area contributed by atoms with Crippen molar-refractivity contribution in [3.8, 4) is 0 Å². The van der Waals surface area contributed by atoms with Crippen molar-refractivity contribution in [3.63, 3.8) is 0 Å². The van der Waals surface area contributed by atoms with Crippen LogP contribution in [-0.4, -0.2) is 48.9 Å². The third kappa shape index (κ3) is 7.48. The maximum atomic E-state index is 12.2. The lowest BCUT2D eigenvalue weighted by Gasteiger charge is -2.25. The summed E-state index contributed by atoms with van der Waals surface area (Å²) in [5.74, 6) is 0.126. The zero-order valence-corrected chi connectivity index (χ0v) is 13.4. The molecule has 1 atom stereocenters. The van der Waals surface area contributed by atoms with E-state index < -0.39 is 0 Å². The van der Waals surface area contributed by atoms with Crippen LogP contribution in [0.1, 0.15) is 18.9 Å². The van der Waals surface area contributed by atoms with E-state index in [1.165, 1.54) is 0 Å². The van der Waals surface area contributed by atoms with Crippen molar-refractivity contribution in [3.05, 3.63) is 35.9 Å². The second-order valence-electron chi connectivity index (χ2n) is 5.29. The Balaban J connectivity index is 0.00000361. The van der Waals surface area contributed by atoms with Crippen LogP contribution in [0, 0.1) is 0 Å². The first-order valence-electron chi connectivity index (χ1n) is 6.71. The molecule has 20 heavy (non-hydrogen) atoms. The SMILES string of the molecule is CC(N)CC(=O)N(CCN(C)C)Cc1ccccc1.Cl. The largest absolute Gasteiger partial charge is 0.337 e. The summed E-state index contributed by atoms with van der Waals surface area (Å²) >= 11 is 0. The Bertz CT molecular complexity index is 382. The fourth-order valence-corrected chi connectivity index (χ4v) is 1.82. The van der Waals surface area contributed by atoms with Crippen LogP contribution in [0.5, 0.6) is 0 Å². The summed E-state index contributed by atoms with van der Waals surface area (Å²) in [4.78, 5) is 16.2. The van der Waals surface area contributed by atoms with Gasteiger partial charge in [0.15, 0.2) is 0 Å². The van der Waals surface area contributed by atoms with E-state index in [2.05, 4.69) is 4.90 Å². The molecular formula is C15H26ClN3O. The number of benzene rings is 1. The predicted octanol–water partition coefficient (Wildman–Crippen LogP) is 1.74. The summed E-state index contributed by atoms with van der Waals surface area (Å²) < 4.78 is 0.